The van der Waals surface area contributed by atoms with Gasteiger partial charge in [0.25, 0.3) is 5.91 Å². The number of nitrogens with zero attached hydrogens (tertiary/aromatic N) is 2. The molecule has 3 rings (SSSR count). The molecule has 1 aliphatic heterocycles. The zero-order valence-electron chi connectivity index (χ0n) is 15.5. The zero-order valence-corrected chi connectivity index (χ0v) is 16.3. The highest BCUT2D eigenvalue weighted by Crippen LogP contribution is 2.42. The fraction of sp³-hybridized carbons (Fsp3) is 0.190. The lowest BCUT2D eigenvalue weighted by atomic mass is 10.2. The van der Waals surface area contributed by atoms with E-state index in [1.807, 2.05) is 19.1 Å². The van der Waals surface area contributed by atoms with E-state index in [1.54, 1.807) is 55.6 Å². The number of methoxy groups -OCH3 is 1. The van der Waals surface area contributed by atoms with Gasteiger partial charge in [-0.15, -0.1) is 0 Å². The molecule has 1 N–H and O–H groups in total. The number of amides is 2. The highest BCUT2D eigenvalue weighted by atomic mass is 32.2. The number of hydrogen-bond donors (Lipinski definition) is 1. The van der Waals surface area contributed by atoms with Gasteiger partial charge in [-0.3, -0.25) is 14.5 Å². The lowest BCUT2D eigenvalue weighted by molar-refractivity contribution is -0.117. The van der Waals surface area contributed by atoms with Crippen LogP contribution in [-0.2, 0) is 9.59 Å². The number of anilines is 2. The number of ether oxygens (including phenoxy) is 1. The first-order chi connectivity index (χ1) is 13.6. The monoisotopic (exact) mass is 393 g/mol. The minimum Gasteiger partial charge on any atom is -0.497 e. The lowest BCUT2D eigenvalue weighted by Crippen LogP contribution is -2.29. The average Bonchev–Trinajstić information content (AvgIpc) is 3.05. The van der Waals surface area contributed by atoms with Crippen molar-refractivity contribution in [3.05, 3.63) is 65.2 Å². The van der Waals surface area contributed by atoms with Crippen LogP contribution in [0.4, 0.5) is 11.4 Å². The summed E-state index contributed by atoms with van der Waals surface area (Å²) in [6, 6.07) is 17.8. The molecule has 2 amide bonds. The molecule has 2 aromatic rings. The van der Waals surface area contributed by atoms with E-state index < -0.39 is 5.91 Å². The number of nitriles is 1. The molecule has 1 heterocycles. The van der Waals surface area contributed by atoms with E-state index in [1.165, 1.54) is 16.7 Å². The third-order valence-corrected chi connectivity index (χ3v) is 5.67. The van der Waals surface area contributed by atoms with Gasteiger partial charge in [0.2, 0.25) is 5.91 Å². The molecule has 0 spiro atoms. The van der Waals surface area contributed by atoms with Crippen LogP contribution in [0, 0.1) is 11.3 Å². The molecule has 0 radical (unpaired) electrons. The van der Waals surface area contributed by atoms with Gasteiger partial charge in [-0.2, -0.15) is 5.26 Å². The maximum atomic E-state index is 12.9. The first kappa shape index (κ1) is 19.5. The maximum Gasteiger partial charge on any atom is 0.269 e. The van der Waals surface area contributed by atoms with E-state index >= 15 is 0 Å². The van der Waals surface area contributed by atoms with E-state index in [0.717, 1.165) is 0 Å². The van der Waals surface area contributed by atoms with Gasteiger partial charge in [0.1, 0.15) is 22.4 Å². The Balaban J connectivity index is 2.01. The summed E-state index contributed by atoms with van der Waals surface area (Å²) >= 11 is 1.24. The molecule has 0 aliphatic carbocycles. The largest absolute Gasteiger partial charge is 0.497 e. The molecule has 142 valence electrons. The van der Waals surface area contributed by atoms with Crippen LogP contribution in [0.15, 0.2) is 65.2 Å². The quantitative estimate of drug-likeness (QED) is 0.615. The van der Waals surface area contributed by atoms with Crippen molar-refractivity contribution in [2.45, 2.75) is 18.6 Å². The number of rotatable bonds is 5. The van der Waals surface area contributed by atoms with Gasteiger partial charge in [-0.25, -0.2) is 0 Å². The van der Waals surface area contributed by atoms with Crippen LogP contribution in [0.25, 0.3) is 0 Å². The van der Waals surface area contributed by atoms with Gasteiger partial charge in [0.05, 0.1) is 12.4 Å². The predicted octanol–water partition coefficient (Wildman–Crippen LogP) is 3.93. The number of thioether (sulfide) groups is 1. The topological polar surface area (TPSA) is 82.4 Å². The molecule has 0 bridgehead atoms. The second kappa shape index (κ2) is 8.63. The van der Waals surface area contributed by atoms with Crippen LogP contribution >= 0.6 is 11.8 Å². The molecule has 2 aromatic carbocycles. The molecule has 28 heavy (non-hydrogen) atoms. The molecule has 1 saturated heterocycles. The minimum absolute atomic E-state index is 0.0889. The fourth-order valence-electron chi connectivity index (χ4n) is 2.80. The highest BCUT2D eigenvalue weighted by molar-refractivity contribution is 8.05. The summed E-state index contributed by atoms with van der Waals surface area (Å²) in [5.74, 6) is -0.0323. The van der Waals surface area contributed by atoms with Gasteiger partial charge in [0.15, 0.2) is 0 Å². The predicted molar refractivity (Wildman–Crippen MR) is 110 cm³/mol. The molecule has 1 atom stereocenters. The van der Waals surface area contributed by atoms with Crippen LogP contribution in [0.1, 0.15) is 13.3 Å². The molecule has 0 aromatic heterocycles. The summed E-state index contributed by atoms with van der Waals surface area (Å²) in [6.45, 7) is 1.90. The third-order valence-electron chi connectivity index (χ3n) is 4.24. The van der Waals surface area contributed by atoms with E-state index in [0.29, 0.717) is 28.6 Å². The Labute approximate surface area is 167 Å². The Hall–Kier alpha value is -3.24. The van der Waals surface area contributed by atoms with Crippen molar-refractivity contribution >= 4 is 35.0 Å². The molecule has 1 fully saturated rings. The number of carbonyl (C=O) groups is 2. The number of nitrogens with one attached hydrogen (secondary N) is 1. The Kier molecular flexibility index (Phi) is 6.02. The highest BCUT2D eigenvalue weighted by Gasteiger charge is 2.39. The van der Waals surface area contributed by atoms with Crippen LogP contribution in [-0.4, -0.2) is 24.2 Å². The lowest BCUT2D eigenvalue weighted by Gasteiger charge is -2.19. The summed E-state index contributed by atoms with van der Waals surface area (Å²) in [5.41, 5.74) is 1.08. The van der Waals surface area contributed by atoms with E-state index in [4.69, 9.17) is 4.74 Å². The second-order valence-corrected chi connectivity index (χ2v) is 7.19. The second-order valence-electron chi connectivity index (χ2n) is 6.00. The number of para-hydroxylation sites is 1. The van der Waals surface area contributed by atoms with Crippen molar-refractivity contribution in [1.82, 2.24) is 0 Å². The normalized spacial score (nSPS) is 17.8. The number of carbonyl (C=O) groups excluding carboxylic acids is 2. The molecule has 6 nitrogen and oxygen atoms in total. The van der Waals surface area contributed by atoms with Gasteiger partial charge in [-0.1, -0.05) is 36.9 Å². The first-order valence-electron chi connectivity index (χ1n) is 8.74. The van der Waals surface area contributed by atoms with Crippen LogP contribution in [0.3, 0.4) is 0 Å². The molecule has 7 heteroatoms. The van der Waals surface area contributed by atoms with Crippen molar-refractivity contribution in [1.29, 1.82) is 5.26 Å². The van der Waals surface area contributed by atoms with Crippen LogP contribution in [0.2, 0.25) is 0 Å². The summed E-state index contributed by atoms with van der Waals surface area (Å²) in [7, 11) is 1.56. The van der Waals surface area contributed by atoms with Crippen molar-refractivity contribution in [2.24, 2.45) is 0 Å². The SMILES string of the molecule is CCC1S/C(=C(/C#N)C(=O)Nc2ccccc2)N(c2ccc(OC)cc2)C1=O. The van der Waals surface area contributed by atoms with Gasteiger partial charge in [-0.05, 0) is 42.8 Å². The zero-order chi connectivity index (χ0) is 20.1. The molecular formula is C21H19N3O3S. The van der Waals surface area contributed by atoms with E-state index in [2.05, 4.69) is 5.32 Å². The average molecular weight is 393 g/mol. The van der Waals surface area contributed by atoms with E-state index in [9.17, 15) is 14.9 Å². The smallest absolute Gasteiger partial charge is 0.269 e. The Morgan fingerprint density at radius 3 is 2.46 bits per heavy atom. The third kappa shape index (κ3) is 3.87. The Morgan fingerprint density at radius 1 is 1.21 bits per heavy atom. The maximum absolute atomic E-state index is 12.9. The Bertz CT molecular complexity index is 949. The first-order valence-corrected chi connectivity index (χ1v) is 9.62. The summed E-state index contributed by atoms with van der Waals surface area (Å²) in [6.07, 6.45) is 0.596. The van der Waals surface area contributed by atoms with Crippen LogP contribution in [0.5, 0.6) is 5.75 Å². The fourth-order valence-corrected chi connectivity index (χ4v) is 4.00. The minimum atomic E-state index is -0.542. The summed E-state index contributed by atoms with van der Waals surface area (Å²) in [4.78, 5) is 27.1. The van der Waals surface area contributed by atoms with Crippen molar-refractivity contribution in [3.8, 4) is 11.8 Å². The summed E-state index contributed by atoms with van der Waals surface area (Å²) in [5, 5.41) is 12.4. The molecule has 1 unspecified atom stereocenters. The van der Waals surface area contributed by atoms with Gasteiger partial charge >= 0.3 is 0 Å². The van der Waals surface area contributed by atoms with Gasteiger partial charge < -0.3 is 10.1 Å². The molecule has 0 saturated carbocycles. The van der Waals surface area contributed by atoms with Crippen molar-refractivity contribution in [2.75, 3.05) is 17.3 Å². The molecular weight excluding hydrogens is 374 g/mol. The number of benzene rings is 2. The Morgan fingerprint density at radius 2 is 1.89 bits per heavy atom. The van der Waals surface area contributed by atoms with E-state index in [-0.39, 0.29) is 16.7 Å². The molecule has 1 aliphatic rings. The summed E-state index contributed by atoms with van der Waals surface area (Å²) < 4.78 is 5.16. The van der Waals surface area contributed by atoms with Crippen molar-refractivity contribution in [3.63, 3.8) is 0 Å². The van der Waals surface area contributed by atoms with Gasteiger partial charge in [0, 0.05) is 11.4 Å². The van der Waals surface area contributed by atoms with Crippen LogP contribution < -0.4 is 15.0 Å². The number of hydrogen-bond acceptors (Lipinski definition) is 5. The van der Waals surface area contributed by atoms with Crippen molar-refractivity contribution < 1.29 is 14.3 Å². The standard InChI is InChI=1S/C21H19N3O3S/c1-3-18-20(26)24(15-9-11-16(27-2)12-10-15)21(28-18)17(13-22)19(25)23-14-7-5-4-6-8-14/h4-12,18H,3H2,1-2H3,(H,23,25)/b21-17-.